The number of aromatic nitrogens is 2. The van der Waals surface area contributed by atoms with Gasteiger partial charge in [0.2, 0.25) is 0 Å². The Bertz CT molecular complexity index is 751. The van der Waals surface area contributed by atoms with E-state index in [9.17, 15) is 4.79 Å². The quantitative estimate of drug-likeness (QED) is 0.505. The van der Waals surface area contributed by atoms with Crippen molar-refractivity contribution in [1.82, 2.24) is 10.2 Å². The van der Waals surface area contributed by atoms with E-state index >= 15 is 0 Å². The summed E-state index contributed by atoms with van der Waals surface area (Å²) in [6.45, 7) is 0. The van der Waals surface area contributed by atoms with Crippen LogP contribution < -0.4 is 4.74 Å². The molecule has 7 heteroatoms. The Morgan fingerprint density at radius 3 is 2.77 bits per heavy atom. The van der Waals surface area contributed by atoms with Crippen LogP contribution >= 0.6 is 23.1 Å². The monoisotopic (exact) mass is 332 g/mol. The van der Waals surface area contributed by atoms with E-state index in [-0.39, 0.29) is 11.5 Å². The van der Waals surface area contributed by atoms with Crippen LogP contribution in [0, 0.1) is 0 Å². The number of carbonyl (C=O) groups excluding carboxylic acids is 1. The first-order valence-corrected chi connectivity index (χ1v) is 8.30. The first-order valence-electron chi connectivity index (χ1n) is 6.43. The summed E-state index contributed by atoms with van der Waals surface area (Å²) in [6.07, 6.45) is 0. The molecule has 2 aromatic heterocycles. The summed E-state index contributed by atoms with van der Waals surface area (Å²) < 4.78 is 10.6. The third kappa shape index (κ3) is 3.37. The van der Waals surface area contributed by atoms with Gasteiger partial charge in [-0.2, -0.15) is 0 Å². The molecule has 0 N–H and O–H groups in total. The van der Waals surface area contributed by atoms with E-state index in [2.05, 4.69) is 10.2 Å². The van der Waals surface area contributed by atoms with Crippen molar-refractivity contribution in [2.75, 3.05) is 12.9 Å². The molecule has 0 unspecified atom stereocenters. The summed E-state index contributed by atoms with van der Waals surface area (Å²) in [5.74, 6) is 1.46. The standard InChI is InChI=1S/C15H12N2O3S2/c1-19-11-6-4-10(5-7-11)12(18)9-22-15-17-16-14(20-15)13-3-2-8-21-13/h2-8H,9H2,1H3. The maximum atomic E-state index is 12.1. The normalized spacial score (nSPS) is 10.6. The van der Waals surface area contributed by atoms with Crippen molar-refractivity contribution < 1.29 is 13.9 Å². The fourth-order valence-corrected chi connectivity index (χ4v) is 3.06. The summed E-state index contributed by atoms with van der Waals surface area (Å²) in [7, 11) is 1.59. The number of ketones is 1. The third-order valence-corrected chi connectivity index (χ3v) is 4.55. The fraction of sp³-hybridized carbons (Fsp3) is 0.133. The number of ether oxygens (including phenoxy) is 1. The minimum absolute atomic E-state index is 0.00327. The molecule has 0 aliphatic heterocycles. The van der Waals surface area contributed by atoms with Gasteiger partial charge in [0, 0.05) is 5.56 Å². The highest BCUT2D eigenvalue weighted by Crippen LogP contribution is 2.26. The smallest absolute Gasteiger partial charge is 0.277 e. The van der Waals surface area contributed by atoms with Crippen LogP contribution in [-0.4, -0.2) is 28.8 Å². The third-order valence-electron chi connectivity index (χ3n) is 2.88. The fourth-order valence-electron chi connectivity index (χ4n) is 1.76. The molecule has 0 fully saturated rings. The number of hydrogen-bond donors (Lipinski definition) is 0. The van der Waals surface area contributed by atoms with Crippen molar-refractivity contribution in [2.24, 2.45) is 0 Å². The Kier molecular flexibility index (Phi) is 4.55. The van der Waals surface area contributed by atoms with Gasteiger partial charge in [-0.15, -0.1) is 21.5 Å². The van der Waals surface area contributed by atoms with Crippen LogP contribution in [0.5, 0.6) is 5.75 Å². The van der Waals surface area contributed by atoms with E-state index in [4.69, 9.17) is 9.15 Å². The molecule has 0 saturated heterocycles. The van der Waals surface area contributed by atoms with Crippen molar-refractivity contribution in [3.05, 3.63) is 47.3 Å². The summed E-state index contributed by atoms with van der Waals surface area (Å²) in [5.41, 5.74) is 0.631. The molecule has 0 atom stereocenters. The number of methoxy groups -OCH3 is 1. The number of hydrogen-bond acceptors (Lipinski definition) is 7. The van der Waals surface area contributed by atoms with Crippen molar-refractivity contribution in [3.8, 4) is 16.5 Å². The Labute approximate surface area is 135 Å². The second-order valence-electron chi connectivity index (χ2n) is 4.29. The van der Waals surface area contributed by atoms with E-state index in [1.807, 2.05) is 17.5 Å². The first kappa shape index (κ1) is 14.8. The van der Waals surface area contributed by atoms with Crippen molar-refractivity contribution >= 4 is 28.9 Å². The largest absolute Gasteiger partial charge is 0.497 e. The van der Waals surface area contributed by atoms with Gasteiger partial charge in [-0.3, -0.25) is 4.79 Å². The van der Waals surface area contributed by atoms with Gasteiger partial charge in [0.25, 0.3) is 11.1 Å². The van der Waals surface area contributed by atoms with Crippen LogP contribution in [0.4, 0.5) is 0 Å². The average Bonchev–Trinajstić information content (AvgIpc) is 3.23. The topological polar surface area (TPSA) is 65.2 Å². The molecule has 0 bridgehead atoms. The van der Waals surface area contributed by atoms with Crippen LogP contribution in [0.25, 0.3) is 10.8 Å². The zero-order valence-electron chi connectivity index (χ0n) is 11.7. The molecule has 5 nitrogen and oxygen atoms in total. The molecular formula is C15H12N2O3S2. The molecular weight excluding hydrogens is 320 g/mol. The van der Waals surface area contributed by atoms with Crippen LogP contribution in [-0.2, 0) is 0 Å². The number of rotatable bonds is 6. The van der Waals surface area contributed by atoms with Crippen molar-refractivity contribution in [1.29, 1.82) is 0 Å². The van der Waals surface area contributed by atoms with Gasteiger partial charge in [-0.25, -0.2) is 0 Å². The SMILES string of the molecule is COc1ccc(C(=O)CSc2nnc(-c3cccs3)o2)cc1. The highest BCUT2D eigenvalue weighted by Gasteiger charge is 2.12. The van der Waals surface area contributed by atoms with Gasteiger partial charge in [0.15, 0.2) is 5.78 Å². The van der Waals surface area contributed by atoms with Crippen LogP contribution in [0.3, 0.4) is 0 Å². The van der Waals surface area contributed by atoms with Crippen molar-refractivity contribution in [2.45, 2.75) is 5.22 Å². The summed E-state index contributed by atoms with van der Waals surface area (Å²) in [5, 5.41) is 10.3. The molecule has 0 spiro atoms. The molecule has 112 valence electrons. The molecule has 3 aromatic rings. The maximum absolute atomic E-state index is 12.1. The molecule has 22 heavy (non-hydrogen) atoms. The Morgan fingerprint density at radius 2 is 2.09 bits per heavy atom. The number of carbonyl (C=O) groups is 1. The lowest BCUT2D eigenvalue weighted by molar-refractivity contribution is 0.102. The number of nitrogens with zero attached hydrogens (tertiary/aromatic N) is 2. The zero-order valence-corrected chi connectivity index (χ0v) is 13.3. The van der Waals surface area contributed by atoms with E-state index in [1.165, 1.54) is 23.1 Å². The van der Waals surface area contributed by atoms with Crippen LogP contribution in [0.15, 0.2) is 51.4 Å². The van der Waals surface area contributed by atoms with Gasteiger partial charge < -0.3 is 9.15 Å². The number of thioether (sulfide) groups is 1. The second-order valence-corrected chi connectivity index (χ2v) is 6.17. The average molecular weight is 332 g/mol. The van der Waals surface area contributed by atoms with Crippen LogP contribution in [0.1, 0.15) is 10.4 Å². The molecule has 0 aliphatic carbocycles. The van der Waals surface area contributed by atoms with Crippen molar-refractivity contribution in [3.63, 3.8) is 0 Å². The molecule has 0 amide bonds. The lowest BCUT2D eigenvalue weighted by atomic mass is 10.1. The zero-order chi connectivity index (χ0) is 15.4. The van der Waals surface area contributed by atoms with E-state index in [0.717, 1.165) is 10.6 Å². The lowest BCUT2D eigenvalue weighted by Crippen LogP contribution is -2.02. The molecule has 1 aromatic carbocycles. The molecule has 2 heterocycles. The number of benzene rings is 1. The second kappa shape index (κ2) is 6.76. The van der Waals surface area contributed by atoms with Gasteiger partial charge >= 0.3 is 0 Å². The lowest BCUT2D eigenvalue weighted by Gasteiger charge is -2.01. The van der Waals surface area contributed by atoms with E-state index in [0.29, 0.717) is 16.7 Å². The Hall–Kier alpha value is -2.12. The summed E-state index contributed by atoms with van der Waals surface area (Å²) >= 11 is 2.76. The number of thiophene rings is 1. The van der Waals surface area contributed by atoms with E-state index < -0.39 is 0 Å². The molecule has 0 saturated carbocycles. The molecule has 3 rings (SSSR count). The molecule has 0 radical (unpaired) electrons. The minimum atomic E-state index is 0.00327. The number of Topliss-reactive ketones (excluding diaryl/α,β-unsaturated/α-hetero) is 1. The Morgan fingerprint density at radius 1 is 1.27 bits per heavy atom. The van der Waals surface area contributed by atoms with Gasteiger partial charge in [0.05, 0.1) is 17.7 Å². The van der Waals surface area contributed by atoms with E-state index in [1.54, 1.807) is 31.4 Å². The first-order chi connectivity index (χ1) is 10.8. The summed E-state index contributed by atoms with van der Waals surface area (Å²) in [6, 6.07) is 10.8. The minimum Gasteiger partial charge on any atom is -0.497 e. The highest BCUT2D eigenvalue weighted by atomic mass is 32.2. The summed E-state index contributed by atoms with van der Waals surface area (Å²) in [4.78, 5) is 13.0. The predicted molar refractivity (Wildman–Crippen MR) is 85.7 cm³/mol. The molecule has 0 aliphatic rings. The van der Waals surface area contributed by atoms with Gasteiger partial charge in [0.1, 0.15) is 5.75 Å². The van der Waals surface area contributed by atoms with Crippen LogP contribution in [0.2, 0.25) is 0 Å². The van der Waals surface area contributed by atoms with Gasteiger partial charge in [-0.1, -0.05) is 17.8 Å². The van der Waals surface area contributed by atoms with Gasteiger partial charge in [-0.05, 0) is 35.7 Å². The highest BCUT2D eigenvalue weighted by molar-refractivity contribution is 7.99. The predicted octanol–water partition coefficient (Wildman–Crippen LogP) is 3.78. The maximum Gasteiger partial charge on any atom is 0.277 e. The Balaban J connectivity index is 1.61.